The SMILES string of the molecule is Br.PC=CCCCC(c1ccccc1)(c1ccccc1)c1ccccc1. The third-order valence-electron chi connectivity index (χ3n) is 4.86. The second-order valence-corrected chi connectivity index (χ2v) is 6.71. The Labute approximate surface area is 170 Å². The van der Waals surface area contributed by atoms with Crippen LogP contribution in [-0.2, 0) is 5.41 Å². The van der Waals surface area contributed by atoms with Crippen LogP contribution in [0.5, 0.6) is 0 Å². The Kier molecular flexibility index (Phi) is 8.29. The molecule has 3 rings (SSSR count). The summed E-state index contributed by atoms with van der Waals surface area (Å²) in [6.07, 6.45) is 5.55. The van der Waals surface area contributed by atoms with Crippen molar-refractivity contribution in [3.05, 3.63) is 120 Å². The molecule has 0 saturated carbocycles. The van der Waals surface area contributed by atoms with Gasteiger partial charge in [0.15, 0.2) is 0 Å². The highest BCUT2D eigenvalue weighted by Crippen LogP contribution is 2.43. The van der Waals surface area contributed by atoms with Crippen molar-refractivity contribution in [3.63, 3.8) is 0 Å². The molecule has 0 amide bonds. The molecular weight excluding hydrogens is 399 g/mol. The van der Waals surface area contributed by atoms with Gasteiger partial charge in [-0.25, -0.2) is 0 Å². The van der Waals surface area contributed by atoms with Crippen molar-refractivity contribution in [1.29, 1.82) is 0 Å². The highest BCUT2D eigenvalue weighted by Gasteiger charge is 2.35. The zero-order chi connectivity index (χ0) is 17.4. The molecule has 3 aromatic rings. The molecule has 0 N–H and O–H groups in total. The fraction of sp³-hybridized carbons (Fsp3) is 0.167. The lowest BCUT2D eigenvalue weighted by atomic mass is 9.66. The Morgan fingerprint density at radius 2 is 1.04 bits per heavy atom. The van der Waals surface area contributed by atoms with Gasteiger partial charge in [-0.2, -0.15) is 0 Å². The van der Waals surface area contributed by atoms with Crippen LogP contribution in [-0.4, -0.2) is 0 Å². The number of unbranched alkanes of at least 4 members (excludes halogenated alkanes) is 1. The zero-order valence-electron chi connectivity index (χ0n) is 14.9. The summed E-state index contributed by atoms with van der Waals surface area (Å²) < 4.78 is 0. The number of halogens is 1. The van der Waals surface area contributed by atoms with Crippen molar-refractivity contribution in [3.8, 4) is 0 Å². The number of hydrogen-bond acceptors (Lipinski definition) is 0. The third-order valence-corrected chi connectivity index (χ3v) is 5.13. The van der Waals surface area contributed by atoms with E-state index in [2.05, 4.69) is 112 Å². The van der Waals surface area contributed by atoms with Gasteiger partial charge < -0.3 is 0 Å². The summed E-state index contributed by atoms with van der Waals surface area (Å²) in [5.41, 5.74) is 3.98. The number of allylic oxidation sites excluding steroid dienone is 1. The molecule has 0 fully saturated rings. The van der Waals surface area contributed by atoms with Crippen LogP contribution in [0, 0.1) is 0 Å². The van der Waals surface area contributed by atoms with Gasteiger partial charge in [0.1, 0.15) is 0 Å². The van der Waals surface area contributed by atoms with Crippen molar-refractivity contribution >= 4 is 26.2 Å². The molecule has 0 aliphatic rings. The van der Waals surface area contributed by atoms with E-state index in [1.807, 2.05) is 0 Å². The standard InChI is InChI=1S/C24H25P.BrH/c25-20-12-4-11-19-24(21-13-5-1-6-14-21,22-15-7-2-8-16-22)23-17-9-3-10-18-23;/h1-3,5-10,12-18,20H,4,11,19,25H2;1H. The topological polar surface area (TPSA) is 0 Å². The van der Waals surface area contributed by atoms with Crippen LogP contribution in [0.1, 0.15) is 36.0 Å². The molecule has 0 bridgehead atoms. The first-order valence-electron chi connectivity index (χ1n) is 8.91. The molecule has 3 aromatic carbocycles. The lowest BCUT2D eigenvalue weighted by Crippen LogP contribution is -2.29. The smallest absolute Gasteiger partial charge is 0.0451 e. The lowest BCUT2D eigenvalue weighted by molar-refractivity contribution is 0.536. The average Bonchev–Trinajstić information content (AvgIpc) is 2.70. The Hall–Kier alpha value is -1.69. The highest BCUT2D eigenvalue weighted by atomic mass is 79.9. The highest BCUT2D eigenvalue weighted by molar-refractivity contribution is 8.93. The van der Waals surface area contributed by atoms with Gasteiger partial charge in [0.05, 0.1) is 0 Å². The Morgan fingerprint density at radius 1 is 0.654 bits per heavy atom. The summed E-state index contributed by atoms with van der Waals surface area (Å²) in [6, 6.07) is 32.8. The number of rotatable bonds is 7. The molecule has 0 radical (unpaired) electrons. The van der Waals surface area contributed by atoms with Crippen LogP contribution in [0.3, 0.4) is 0 Å². The molecule has 0 aliphatic carbocycles. The van der Waals surface area contributed by atoms with Gasteiger partial charge in [-0.15, -0.1) is 26.2 Å². The first kappa shape index (κ1) is 20.6. The van der Waals surface area contributed by atoms with Crippen LogP contribution in [0.15, 0.2) is 103 Å². The second-order valence-electron chi connectivity index (χ2n) is 6.32. The summed E-state index contributed by atoms with van der Waals surface area (Å²) in [4.78, 5) is 0. The molecule has 0 spiro atoms. The van der Waals surface area contributed by atoms with Crippen molar-refractivity contribution in [2.45, 2.75) is 24.7 Å². The molecule has 0 aliphatic heterocycles. The largest absolute Gasteiger partial charge is 0.114 e. The molecule has 134 valence electrons. The van der Waals surface area contributed by atoms with Gasteiger partial charge in [-0.1, -0.05) is 103 Å². The number of hydrogen-bond donors (Lipinski definition) is 0. The van der Waals surface area contributed by atoms with Crippen LogP contribution in [0.25, 0.3) is 0 Å². The van der Waals surface area contributed by atoms with Crippen molar-refractivity contribution in [1.82, 2.24) is 0 Å². The fourth-order valence-corrected chi connectivity index (χ4v) is 3.87. The maximum Gasteiger partial charge on any atom is 0.0451 e. The van der Waals surface area contributed by atoms with Gasteiger partial charge in [0.2, 0.25) is 0 Å². The van der Waals surface area contributed by atoms with Crippen LogP contribution < -0.4 is 0 Å². The normalized spacial score (nSPS) is 11.3. The summed E-state index contributed by atoms with van der Waals surface area (Å²) in [5.74, 6) is 2.06. The third kappa shape index (κ3) is 4.53. The Bertz CT molecular complexity index is 686. The quantitative estimate of drug-likeness (QED) is 0.214. The molecule has 1 atom stereocenters. The molecule has 0 aromatic heterocycles. The van der Waals surface area contributed by atoms with Gasteiger partial charge in [-0.3, -0.25) is 0 Å². The Morgan fingerprint density at radius 3 is 1.38 bits per heavy atom. The fourth-order valence-electron chi connectivity index (χ4n) is 3.68. The first-order valence-corrected chi connectivity index (χ1v) is 9.58. The molecule has 1 unspecified atom stereocenters. The van der Waals surface area contributed by atoms with E-state index in [0.29, 0.717) is 0 Å². The maximum absolute atomic E-state index is 2.67. The van der Waals surface area contributed by atoms with E-state index in [0.717, 1.165) is 19.3 Å². The summed E-state index contributed by atoms with van der Waals surface area (Å²) in [7, 11) is 2.67. The maximum atomic E-state index is 2.67. The summed E-state index contributed by atoms with van der Waals surface area (Å²) >= 11 is 0. The summed E-state index contributed by atoms with van der Waals surface area (Å²) in [5, 5.41) is 0. The minimum absolute atomic E-state index is 0. The van der Waals surface area contributed by atoms with E-state index < -0.39 is 0 Å². The van der Waals surface area contributed by atoms with Crippen molar-refractivity contribution < 1.29 is 0 Å². The number of benzene rings is 3. The van der Waals surface area contributed by atoms with Gasteiger partial charge >= 0.3 is 0 Å². The molecule has 0 heterocycles. The molecule has 2 heteroatoms. The minimum atomic E-state index is -0.113. The van der Waals surface area contributed by atoms with E-state index in [-0.39, 0.29) is 22.4 Å². The van der Waals surface area contributed by atoms with Crippen LogP contribution in [0.2, 0.25) is 0 Å². The minimum Gasteiger partial charge on any atom is -0.114 e. The van der Waals surface area contributed by atoms with E-state index in [1.165, 1.54) is 16.7 Å². The molecular formula is C24H26BrP. The predicted octanol–water partition coefficient (Wildman–Crippen LogP) is 7.16. The zero-order valence-corrected chi connectivity index (χ0v) is 17.8. The summed E-state index contributed by atoms with van der Waals surface area (Å²) in [6.45, 7) is 0. The lowest BCUT2D eigenvalue weighted by Gasteiger charge is -2.36. The van der Waals surface area contributed by atoms with Gasteiger partial charge in [0.25, 0.3) is 0 Å². The predicted molar refractivity (Wildman–Crippen MR) is 122 cm³/mol. The second kappa shape index (κ2) is 10.5. The van der Waals surface area contributed by atoms with Crippen molar-refractivity contribution in [2.75, 3.05) is 0 Å². The van der Waals surface area contributed by atoms with E-state index >= 15 is 0 Å². The molecule has 0 saturated heterocycles. The van der Waals surface area contributed by atoms with Gasteiger partial charge in [0, 0.05) is 5.41 Å². The average molecular weight is 425 g/mol. The molecule has 0 nitrogen and oxygen atoms in total. The van der Waals surface area contributed by atoms with E-state index in [4.69, 9.17) is 0 Å². The molecule has 26 heavy (non-hydrogen) atoms. The van der Waals surface area contributed by atoms with E-state index in [1.54, 1.807) is 0 Å². The Balaban J connectivity index is 0.00000243. The first-order chi connectivity index (χ1) is 12.4. The monoisotopic (exact) mass is 424 g/mol. The van der Waals surface area contributed by atoms with Crippen LogP contribution in [0.4, 0.5) is 0 Å². The van der Waals surface area contributed by atoms with Crippen LogP contribution >= 0.6 is 26.2 Å². The van der Waals surface area contributed by atoms with E-state index in [9.17, 15) is 0 Å². The van der Waals surface area contributed by atoms with Crippen molar-refractivity contribution in [2.24, 2.45) is 0 Å². The van der Waals surface area contributed by atoms with Gasteiger partial charge in [-0.05, 0) is 36.0 Å².